The van der Waals surface area contributed by atoms with Gasteiger partial charge in [0.25, 0.3) is 0 Å². The van der Waals surface area contributed by atoms with Crippen LogP contribution < -0.4 is 10.5 Å². The van der Waals surface area contributed by atoms with Gasteiger partial charge in [-0.15, -0.1) is 0 Å². The van der Waals surface area contributed by atoms with E-state index in [9.17, 15) is 0 Å². The number of methoxy groups -OCH3 is 1. The summed E-state index contributed by atoms with van der Waals surface area (Å²) in [5.74, 6) is 0.827. The van der Waals surface area contributed by atoms with Gasteiger partial charge in [-0.3, -0.25) is 0 Å². The number of rotatable bonds is 3. The minimum absolute atomic E-state index is 0.703. The van der Waals surface area contributed by atoms with E-state index in [1.54, 1.807) is 25.2 Å². The van der Waals surface area contributed by atoms with Gasteiger partial charge in [0.05, 0.1) is 17.5 Å². The molecule has 0 saturated heterocycles. The van der Waals surface area contributed by atoms with Crippen LogP contribution in [-0.2, 0) is 0 Å². The predicted octanol–water partition coefficient (Wildman–Crippen LogP) is 3.37. The number of anilines is 1. The van der Waals surface area contributed by atoms with Crippen molar-refractivity contribution in [2.24, 2.45) is 0 Å². The van der Waals surface area contributed by atoms with Crippen LogP contribution >= 0.6 is 11.8 Å². The van der Waals surface area contributed by atoms with E-state index in [0.717, 1.165) is 26.6 Å². The molecule has 0 spiro atoms. The van der Waals surface area contributed by atoms with Crippen molar-refractivity contribution in [3.8, 4) is 5.75 Å². The number of benzene rings is 2. The smallest absolute Gasteiger partial charge is 0.132 e. The summed E-state index contributed by atoms with van der Waals surface area (Å²) in [6.07, 6.45) is 1.57. The summed E-state index contributed by atoms with van der Waals surface area (Å²) < 4.78 is 5.36. The average Bonchev–Trinajstić information content (AvgIpc) is 2.48. The molecule has 0 bridgehead atoms. The maximum atomic E-state index is 5.85. The highest BCUT2D eigenvalue weighted by Gasteiger charge is 2.09. The van der Waals surface area contributed by atoms with Gasteiger partial charge >= 0.3 is 0 Å². The van der Waals surface area contributed by atoms with E-state index >= 15 is 0 Å². The lowest BCUT2D eigenvalue weighted by molar-refractivity contribution is 0.405. The fraction of sp³-hybridized carbons (Fsp3) is 0.0667. The van der Waals surface area contributed by atoms with Crippen molar-refractivity contribution in [2.45, 2.75) is 9.92 Å². The molecule has 20 heavy (non-hydrogen) atoms. The number of hydrogen-bond donors (Lipinski definition) is 1. The SMILES string of the molecule is COc1ccccc1Sc1ncnc2ccc(N)cc12. The van der Waals surface area contributed by atoms with Gasteiger partial charge in [-0.05, 0) is 30.3 Å². The zero-order chi connectivity index (χ0) is 13.9. The first-order chi connectivity index (χ1) is 9.78. The Kier molecular flexibility index (Phi) is 3.43. The third kappa shape index (κ3) is 2.40. The minimum Gasteiger partial charge on any atom is -0.496 e. The fourth-order valence-electron chi connectivity index (χ4n) is 1.94. The maximum absolute atomic E-state index is 5.85. The predicted molar refractivity (Wildman–Crippen MR) is 81.1 cm³/mol. The van der Waals surface area contributed by atoms with Crippen LogP contribution in [0.5, 0.6) is 5.75 Å². The molecule has 0 aliphatic carbocycles. The van der Waals surface area contributed by atoms with Gasteiger partial charge in [-0.2, -0.15) is 0 Å². The molecular formula is C15H13N3OS. The van der Waals surface area contributed by atoms with Crippen LogP contribution in [0.25, 0.3) is 10.9 Å². The van der Waals surface area contributed by atoms with Crippen molar-refractivity contribution in [1.82, 2.24) is 9.97 Å². The second kappa shape index (κ2) is 5.38. The van der Waals surface area contributed by atoms with Gasteiger partial charge in [0.15, 0.2) is 0 Å². The average molecular weight is 283 g/mol. The summed E-state index contributed by atoms with van der Waals surface area (Å²) in [5, 5.41) is 1.82. The van der Waals surface area contributed by atoms with E-state index in [1.165, 1.54) is 0 Å². The van der Waals surface area contributed by atoms with Crippen LogP contribution in [0.4, 0.5) is 5.69 Å². The highest BCUT2D eigenvalue weighted by Crippen LogP contribution is 2.36. The molecule has 0 atom stereocenters. The quantitative estimate of drug-likeness (QED) is 0.590. The molecule has 0 aliphatic rings. The van der Waals surface area contributed by atoms with Crippen LogP contribution in [0.2, 0.25) is 0 Å². The molecule has 1 heterocycles. The minimum atomic E-state index is 0.703. The number of ether oxygens (including phenoxy) is 1. The third-order valence-electron chi connectivity index (χ3n) is 2.90. The van der Waals surface area contributed by atoms with Crippen molar-refractivity contribution in [3.05, 3.63) is 48.8 Å². The molecule has 100 valence electrons. The van der Waals surface area contributed by atoms with E-state index in [1.807, 2.05) is 42.5 Å². The highest BCUT2D eigenvalue weighted by molar-refractivity contribution is 7.99. The number of nitrogens with zero attached hydrogens (tertiary/aromatic N) is 2. The molecule has 0 unspecified atom stereocenters. The lowest BCUT2D eigenvalue weighted by atomic mass is 10.2. The molecule has 0 saturated carbocycles. The Morgan fingerprint density at radius 2 is 1.95 bits per heavy atom. The zero-order valence-corrected chi connectivity index (χ0v) is 11.7. The molecule has 2 N–H and O–H groups in total. The summed E-state index contributed by atoms with van der Waals surface area (Å²) in [6, 6.07) is 13.5. The maximum Gasteiger partial charge on any atom is 0.132 e. The van der Waals surface area contributed by atoms with Gasteiger partial charge in [0, 0.05) is 11.1 Å². The summed E-state index contributed by atoms with van der Waals surface area (Å²) in [4.78, 5) is 9.63. The van der Waals surface area contributed by atoms with Crippen LogP contribution in [-0.4, -0.2) is 17.1 Å². The van der Waals surface area contributed by atoms with E-state index in [-0.39, 0.29) is 0 Å². The highest BCUT2D eigenvalue weighted by atomic mass is 32.2. The lowest BCUT2D eigenvalue weighted by Gasteiger charge is -2.08. The first kappa shape index (κ1) is 12.7. The Morgan fingerprint density at radius 1 is 1.10 bits per heavy atom. The Morgan fingerprint density at radius 3 is 2.80 bits per heavy atom. The second-order valence-electron chi connectivity index (χ2n) is 4.21. The molecular weight excluding hydrogens is 270 g/mol. The molecule has 3 rings (SSSR count). The van der Waals surface area contributed by atoms with Crippen LogP contribution in [0.15, 0.2) is 58.7 Å². The van der Waals surface area contributed by atoms with Gasteiger partial charge in [-0.25, -0.2) is 9.97 Å². The van der Waals surface area contributed by atoms with Crippen molar-refractivity contribution >= 4 is 28.4 Å². The molecule has 2 aromatic carbocycles. The van der Waals surface area contributed by atoms with Crippen LogP contribution in [0.3, 0.4) is 0 Å². The van der Waals surface area contributed by atoms with E-state index in [4.69, 9.17) is 10.5 Å². The first-order valence-corrected chi connectivity index (χ1v) is 6.90. The fourth-order valence-corrected chi connectivity index (χ4v) is 2.92. The standard InChI is InChI=1S/C15H13N3OS/c1-19-13-4-2-3-5-14(13)20-15-11-8-10(16)6-7-12(11)17-9-18-15/h2-9H,16H2,1H3. The molecule has 0 aliphatic heterocycles. The normalized spacial score (nSPS) is 10.7. The number of hydrogen-bond acceptors (Lipinski definition) is 5. The molecule has 1 aromatic heterocycles. The number of para-hydroxylation sites is 1. The second-order valence-corrected chi connectivity index (χ2v) is 5.24. The largest absolute Gasteiger partial charge is 0.496 e. The van der Waals surface area contributed by atoms with E-state index in [2.05, 4.69) is 9.97 Å². The molecule has 4 nitrogen and oxygen atoms in total. The van der Waals surface area contributed by atoms with Crippen molar-refractivity contribution in [3.63, 3.8) is 0 Å². The van der Waals surface area contributed by atoms with Gasteiger partial charge in [-0.1, -0.05) is 23.9 Å². The summed E-state index contributed by atoms with van der Waals surface area (Å²) in [6.45, 7) is 0. The third-order valence-corrected chi connectivity index (χ3v) is 3.97. The summed E-state index contributed by atoms with van der Waals surface area (Å²) in [7, 11) is 1.66. The summed E-state index contributed by atoms with van der Waals surface area (Å²) >= 11 is 1.55. The lowest BCUT2D eigenvalue weighted by Crippen LogP contribution is -1.91. The molecule has 3 aromatic rings. The van der Waals surface area contributed by atoms with Crippen LogP contribution in [0.1, 0.15) is 0 Å². The number of aromatic nitrogens is 2. The van der Waals surface area contributed by atoms with Gasteiger partial charge < -0.3 is 10.5 Å². The summed E-state index contributed by atoms with van der Waals surface area (Å²) in [5.41, 5.74) is 7.44. The van der Waals surface area contributed by atoms with Crippen molar-refractivity contribution in [2.75, 3.05) is 12.8 Å². The topological polar surface area (TPSA) is 61.0 Å². The number of fused-ring (bicyclic) bond motifs is 1. The Labute approximate surface area is 121 Å². The Balaban J connectivity index is 2.08. The molecule has 5 heteroatoms. The van der Waals surface area contributed by atoms with E-state index < -0.39 is 0 Å². The van der Waals surface area contributed by atoms with Crippen LogP contribution in [0, 0.1) is 0 Å². The first-order valence-electron chi connectivity index (χ1n) is 6.09. The van der Waals surface area contributed by atoms with E-state index in [0.29, 0.717) is 5.69 Å². The molecule has 0 radical (unpaired) electrons. The van der Waals surface area contributed by atoms with Gasteiger partial charge in [0.2, 0.25) is 0 Å². The number of nitrogens with two attached hydrogens (primary N) is 1. The van der Waals surface area contributed by atoms with Gasteiger partial charge in [0.1, 0.15) is 17.1 Å². The molecule has 0 amide bonds. The zero-order valence-electron chi connectivity index (χ0n) is 10.9. The van der Waals surface area contributed by atoms with Crippen molar-refractivity contribution in [1.29, 1.82) is 0 Å². The number of nitrogen functional groups attached to an aromatic ring is 1. The Bertz CT molecular complexity index is 761. The van der Waals surface area contributed by atoms with Crippen molar-refractivity contribution < 1.29 is 4.74 Å². The monoisotopic (exact) mass is 283 g/mol. The molecule has 0 fully saturated rings. The Hall–Kier alpha value is -2.27.